The molecule has 0 spiro atoms. The zero-order valence-electron chi connectivity index (χ0n) is 8.80. The topological polar surface area (TPSA) is 15.3 Å². The van der Waals surface area contributed by atoms with E-state index in [-0.39, 0.29) is 0 Å². The summed E-state index contributed by atoms with van der Waals surface area (Å²) in [6, 6.07) is 1.62. The number of nitrogens with one attached hydrogen (secondary N) is 1. The number of nitrogens with zero attached hydrogens (tertiary/aromatic N) is 1. The predicted molar refractivity (Wildman–Crippen MR) is 53.3 cm³/mol. The molecule has 1 aliphatic rings. The number of hydrogen-bond acceptors (Lipinski definition) is 2. The Morgan fingerprint density at radius 3 is 2.42 bits per heavy atom. The quantitative estimate of drug-likeness (QED) is 0.684. The predicted octanol–water partition coefficient (Wildman–Crippen LogP) is 1.32. The molecule has 0 amide bonds. The van der Waals surface area contributed by atoms with Gasteiger partial charge in [-0.2, -0.15) is 0 Å². The van der Waals surface area contributed by atoms with Crippen molar-refractivity contribution in [2.24, 2.45) is 5.92 Å². The zero-order valence-corrected chi connectivity index (χ0v) is 8.80. The average molecular weight is 170 g/mol. The summed E-state index contributed by atoms with van der Waals surface area (Å²) in [6.45, 7) is 5.80. The monoisotopic (exact) mass is 170 g/mol. The summed E-state index contributed by atoms with van der Waals surface area (Å²) < 4.78 is 0. The molecule has 0 aromatic carbocycles. The Hall–Kier alpha value is -0.0800. The molecule has 12 heavy (non-hydrogen) atoms. The van der Waals surface area contributed by atoms with Gasteiger partial charge in [-0.05, 0) is 32.9 Å². The molecule has 0 atom stereocenters. The second-order valence-corrected chi connectivity index (χ2v) is 4.44. The fourth-order valence-corrected chi connectivity index (χ4v) is 1.91. The fourth-order valence-electron chi connectivity index (χ4n) is 1.91. The van der Waals surface area contributed by atoms with Crippen LogP contribution in [0.25, 0.3) is 0 Å². The smallest absolute Gasteiger partial charge is 0.0122 e. The van der Waals surface area contributed by atoms with Gasteiger partial charge in [0.1, 0.15) is 0 Å². The summed E-state index contributed by atoms with van der Waals surface area (Å²) in [6.07, 6.45) is 2.67. The molecule has 0 heterocycles. The van der Waals surface area contributed by atoms with Gasteiger partial charge in [0.15, 0.2) is 0 Å². The first-order valence-corrected chi connectivity index (χ1v) is 5.01. The lowest BCUT2D eigenvalue weighted by Crippen LogP contribution is -2.51. The number of rotatable bonds is 4. The summed E-state index contributed by atoms with van der Waals surface area (Å²) in [5.41, 5.74) is 0. The minimum atomic E-state index is 0.782. The molecular formula is C10H22N2. The van der Waals surface area contributed by atoms with Crippen molar-refractivity contribution >= 4 is 0 Å². The van der Waals surface area contributed by atoms with Crippen LogP contribution in [0.4, 0.5) is 0 Å². The van der Waals surface area contributed by atoms with E-state index in [0.29, 0.717) is 0 Å². The van der Waals surface area contributed by atoms with E-state index in [2.05, 4.69) is 38.2 Å². The van der Waals surface area contributed by atoms with Gasteiger partial charge in [0.25, 0.3) is 0 Å². The highest BCUT2D eigenvalue weighted by atomic mass is 15.2. The summed E-state index contributed by atoms with van der Waals surface area (Å²) in [5, 5.41) is 3.31. The van der Waals surface area contributed by atoms with Crippen molar-refractivity contribution < 1.29 is 0 Å². The molecule has 0 bridgehead atoms. The Bertz CT molecular complexity index is 128. The maximum absolute atomic E-state index is 3.31. The van der Waals surface area contributed by atoms with Crippen LogP contribution < -0.4 is 5.32 Å². The minimum Gasteiger partial charge on any atom is -0.317 e. The van der Waals surface area contributed by atoms with Gasteiger partial charge in [-0.3, -0.25) is 0 Å². The molecule has 1 saturated carbocycles. The van der Waals surface area contributed by atoms with E-state index in [9.17, 15) is 0 Å². The highest BCUT2D eigenvalue weighted by Gasteiger charge is 2.30. The first-order valence-electron chi connectivity index (χ1n) is 5.01. The second kappa shape index (κ2) is 4.24. The van der Waals surface area contributed by atoms with Crippen LogP contribution >= 0.6 is 0 Å². The molecule has 1 N–H and O–H groups in total. The molecular weight excluding hydrogens is 148 g/mol. The molecule has 1 fully saturated rings. The Labute approximate surface area is 76.3 Å². The molecule has 2 nitrogen and oxygen atoms in total. The molecule has 0 aromatic heterocycles. The van der Waals surface area contributed by atoms with Crippen molar-refractivity contribution in [3.8, 4) is 0 Å². The second-order valence-electron chi connectivity index (χ2n) is 4.44. The fraction of sp³-hybridized carbons (Fsp3) is 1.00. The normalized spacial score (nSPS) is 29.5. The van der Waals surface area contributed by atoms with Gasteiger partial charge < -0.3 is 10.2 Å². The van der Waals surface area contributed by atoms with E-state index in [4.69, 9.17) is 0 Å². The van der Waals surface area contributed by atoms with Crippen LogP contribution in [-0.2, 0) is 0 Å². The highest BCUT2D eigenvalue weighted by molar-refractivity contribution is 4.89. The lowest BCUT2D eigenvalue weighted by molar-refractivity contribution is 0.114. The van der Waals surface area contributed by atoms with Crippen LogP contribution in [0.3, 0.4) is 0 Å². The Morgan fingerprint density at radius 1 is 1.42 bits per heavy atom. The van der Waals surface area contributed by atoms with Gasteiger partial charge in [-0.25, -0.2) is 0 Å². The third-order valence-corrected chi connectivity index (χ3v) is 2.80. The summed E-state index contributed by atoms with van der Waals surface area (Å²) in [4.78, 5) is 2.50. The van der Waals surface area contributed by atoms with Gasteiger partial charge in [0.05, 0.1) is 0 Å². The Kier molecular flexibility index (Phi) is 3.53. The maximum Gasteiger partial charge on any atom is 0.0122 e. The highest BCUT2D eigenvalue weighted by Crippen LogP contribution is 2.24. The summed E-state index contributed by atoms with van der Waals surface area (Å²) in [7, 11) is 4.31. The zero-order chi connectivity index (χ0) is 9.14. The average Bonchev–Trinajstić information content (AvgIpc) is 1.82. The third kappa shape index (κ3) is 2.46. The van der Waals surface area contributed by atoms with Crippen LogP contribution in [-0.4, -0.2) is 37.6 Å². The van der Waals surface area contributed by atoms with Crippen LogP contribution in [0.1, 0.15) is 26.7 Å². The standard InChI is InChI=1S/C10H22N2/c1-8(2)7-12(4)10-5-9(6-10)11-3/h8-11H,5-7H2,1-4H3/t9-,10-. The lowest BCUT2D eigenvalue weighted by atomic mass is 9.85. The molecule has 0 radical (unpaired) electrons. The van der Waals surface area contributed by atoms with E-state index in [1.54, 1.807) is 0 Å². The van der Waals surface area contributed by atoms with E-state index < -0.39 is 0 Å². The molecule has 1 rings (SSSR count). The minimum absolute atomic E-state index is 0.782. The van der Waals surface area contributed by atoms with Crippen molar-refractivity contribution in [3.63, 3.8) is 0 Å². The number of hydrogen-bond donors (Lipinski definition) is 1. The third-order valence-electron chi connectivity index (χ3n) is 2.80. The Morgan fingerprint density at radius 2 is 2.00 bits per heavy atom. The molecule has 72 valence electrons. The first-order chi connectivity index (χ1) is 5.63. The van der Waals surface area contributed by atoms with Crippen LogP contribution in [0.15, 0.2) is 0 Å². The lowest BCUT2D eigenvalue weighted by Gasteiger charge is -2.41. The molecule has 0 aliphatic heterocycles. The molecule has 0 unspecified atom stereocenters. The SMILES string of the molecule is CN[C@H]1C[C@H](N(C)CC(C)C)C1. The van der Waals surface area contributed by atoms with E-state index in [1.165, 1.54) is 19.4 Å². The first kappa shape index (κ1) is 10.0. The molecule has 0 aromatic rings. The molecule has 2 heteroatoms. The van der Waals surface area contributed by atoms with Crippen molar-refractivity contribution in [1.29, 1.82) is 0 Å². The van der Waals surface area contributed by atoms with E-state index in [0.717, 1.165) is 18.0 Å². The van der Waals surface area contributed by atoms with Gasteiger partial charge in [0.2, 0.25) is 0 Å². The largest absolute Gasteiger partial charge is 0.317 e. The van der Waals surface area contributed by atoms with Crippen molar-refractivity contribution in [3.05, 3.63) is 0 Å². The van der Waals surface area contributed by atoms with Crippen molar-refractivity contribution in [2.75, 3.05) is 20.6 Å². The van der Waals surface area contributed by atoms with Crippen LogP contribution in [0, 0.1) is 5.92 Å². The maximum atomic E-state index is 3.31. The molecule has 1 aliphatic carbocycles. The van der Waals surface area contributed by atoms with E-state index >= 15 is 0 Å². The summed E-state index contributed by atoms with van der Waals surface area (Å²) in [5.74, 6) is 0.795. The van der Waals surface area contributed by atoms with Gasteiger partial charge in [-0.15, -0.1) is 0 Å². The van der Waals surface area contributed by atoms with Crippen molar-refractivity contribution in [1.82, 2.24) is 10.2 Å². The summed E-state index contributed by atoms with van der Waals surface area (Å²) >= 11 is 0. The van der Waals surface area contributed by atoms with Gasteiger partial charge in [-0.1, -0.05) is 13.8 Å². The van der Waals surface area contributed by atoms with Gasteiger partial charge in [0, 0.05) is 18.6 Å². The van der Waals surface area contributed by atoms with Crippen LogP contribution in [0.2, 0.25) is 0 Å². The van der Waals surface area contributed by atoms with Gasteiger partial charge >= 0.3 is 0 Å². The van der Waals surface area contributed by atoms with Crippen LogP contribution in [0.5, 0.6) is 0 Å². The molecule has 0 saturated heterocycles. The van der Waals surface area contributed by atoms with E-state index in [1.807, 2.05) is 0 Å². The Balaban J connectivity index is 2.14. The van der Waals surface area contributed by atoms with Crippen molar-refractivity contribution in [2.45, 2.75) is 38.8 Å².